The van der Waals surface area contributed by atoms with Gasteiger partial charge in [-0.25, -0.2) is 9.59 Å². The van der Waals surface area contributed by atoms with Crippen molar-refractivity contribution in [3.63, 3.8) is 0 Å². The van der Waals surface area contributed by atoms with Gasteiger partial charge in [0.25, 0.3) is 0 Å². The van der Waals surface area contributed by atoms with Crippen molar-refractivity contribution in [3.8, 4) is 0 Å². The summed E-state index contributed by atoms with van der Waals surface area (Å²) in [7, 11) is -4.66. The molecule has 0 saturated heterocycles. The molecule has 0 saturated carbocycles. The van der Waals surface area contributed by atoms with Crippen LogP contribution in [-0.4, -0.2) is 20.4 Å². The Balaban J connectivity index is 3.95. The Labute approximate surface area is 73.5 Å². The van der Waals surface area contributed by atoms with Gasteiger partial charge in [0.15, 0.2) is 0 Å². The van der Waals surface area contributed by atoms with Gasteiger partial charge >= 0.3 is 22.3 Å². The predicted molar refractivity (Wildman–Crippen MR) is 34.6 cm³/mol. The van der Waals surface area contributed by atoms with E-state index < -0.39 is 22.3 Å². The summed E-state index contributed by atoms with van der Waals surface area (Å²) in [5, 5.41) is 0. The van der Waals surface area contributed by atoms with Crippen LogP contribution in [0.5, 0.6) is 0 Å². The van der Waals surface area contributed by atoms with E-state index in [1.165, 1.54) is 0 Å². The van der Waals surface area contributed by atoms with Gasteiger partial charge in [0.2, 0.25) is 0 Å². The molecular weight excluding hydrogens is 208 g/mol. The van der Waals surface area contributed by atoms with Crippen molar-refractivity contribution in [3.05, 3.63) is 0 Å². The number of carbonyl (C=O) groups excluding carboxylic acids is 2. The summed E-state index contributed by atoms with van der Waals surface area (Å²) in [6.45, 7) is 1.81. The van der Waals surface area contributed by atoms with Crippen molar-refractivity contribution in [1.82, 2.24) is 0 Å². The Morgan fingerprint density at radius 3 is 1.46 bits per heavy atom. The van der Waals surface area contributed by atoms with Crippen LogP contribution in [0.2, 0.25) is 0 Å². The molecule has 0 N–H and O–H groups in total. The van der Waals surface area contributed by atoms with E-state index in [1.54, 1.807) is 0 Å². The second-order valence-electron chi connectivity index (χ2n) is 1.69. The van der Waals surface area contributed by atoms with Crippen LogP contribution in [0, 0.1) is 0 Å². The molecule has 0 aliphatic rings. The molecule has 0 atom stereocenters. The van der Waals surface area contributed by atoms with Crippen molar-refractivity contribution in [1.29, 1.82) is 0 Å². The Bertz CT molecular complexity index is 265. The lowest BCUT2D eigenvalue weighted by molar-refractivity contribution is -0.242. The van der Waals surface area contributed by atoms with E-state index in [0.29, 0.717) is 0 Å². The van der Waals surface area contributed by atoms with Gasteiger partial charge in [0.05, 0.1) is 0 Å². The van der Waals surface area contributed by atoms with E-state index in [0.717, 1.165) is 13.8 Å². The molecule has 0 amide bonds. The average Bonchev–Trinajstić information content (AvgIpc) is 1.98. The van der Waals surface area contributed by atoms with Crippen LogP contribution in [0.1, 0.15) is 13.8 Å². The maximum atomic E-state index is 10.4. The van der Waals surface area contributed by atoms with E-state index in [4.69, 9.17) is 0 Å². The zero-order valence-electron chi connectivity index (χ0n) is 6.67. The van der Waals surface area contributed by atoms with Crippen LogP contribution in [-0.2, 0) is 38.4 Å². The average molecular weight is 214 g/mol. The third-order valence-electron chi connectivity index (χ3n) is 0.469. The van der Waals surface area contributed by atoms with E-state index in [2.05, 4.69) is 18.4 Å². The SMILES string of the molecule is CC(=O)OOS(=O)(=O)OOC(C)=O. The fourth-order valence-corrected chi connectivity index (χ4v) is 0.571. The van der Waals surface area contributed by atoms with Gasteiger partial charge in [-0.05, 0) is 8.67 Å². The van der Waals surface area contributed by atoms with E-state index in [-0.39, 0.29) is 0 Å². The van der Waals surface area contributed by atoms with E-state index in [1.807, 2.05) is 0 Å². The zero-order valence-corrected chi connectivity index (χ0v) is 7.49. The fraction of sp³-hybridized carbons (Fsp3) is 0.500. The smallest absolute Gasteiger partial charge is 0.280 e. The van der Waals surface area contributed by atoms with Gasteiger partial charge in [0, 0.05) is 13.8 Å². The lowest BCUT2D eigenvalue weighted by Gasteiger charge is -2.00. The molecule has 0 fully saturated rings. The standard InChI is InChI=1S/C4H6O8S/c1-3(5)9-11-13(7,8)12-10-4(2)6/h1-2H3. The summed E-state index contributed by atoms with van der Waals surface area (Å²) in [6.07, 6.45) is 0. The summed E-state index contributed by atoms with van der Waals surface area (Å²) in [4.78, 5) is 27.3. The van der Waals surface area contributed by atoms with E-state index >= 15 is 0 Å². The first-order valence-corrected chi connectivity index (χ1v) is 4.15. The van der Waals surface area contributed by atoms with Gasteiger partial charge in [-0.2, -0.15) is 8.42 Å². The summed E-state index contributed by atoms with van der Waals surface area (Å²) in [6, 6.07) is 0. The molecule has 0 aliphatic carbocycles. The second kappa shape index (κ2) is 4.74. The molecule has 9 heteroatoms. The van der Waals surface area contributed by atoms with Crippen molar-refractivity contribution < 1.29 is 36.4 Å². The molecule has 0 aromatic carbocycles. The normalized spacial score (nSPS) is 10.6. The molecule has 0 rings (SSSR count). The summed E-state index contributed by atoms with van der Waals surface area (Å²) < 4.78 is 27.8. The molecule has 0 aromatic heterocycles. The maximum Gasteiger partial charge on any atom is 0.471 e. The van der Waals surface area contributed by atoms with Crippen LogP contribution in [0.15, 0.2) is 0 Å². The number of carbonyl (C=O) groups is 2. The van der Waals surface area contributed by atoms with Crippen LogP contribution in [0.4, 0.5) is 0 Å². The Kier molecular flexibility index (Phi) is 4.31. The first-order chi connectivity index (χ1) is 5.83. The quantitative estimate of drug-likeness (QED) is 0.443. The van der Waals surface area contributed by atoms with Crippen LogP contribution >= 0.6 is 0 Å². The van der Waals surface area contributed by atoms with Crippen molar-refractivity contribution in [2.45, 2.75) is 13.8 Å². The molecule has 0 spiro atoms. The highest BCUT2D eigenvalue weighted by atomic mass is 32.3. The minimum Gasteiger partial charge on any atom is -0.280 e. The van der Waals surface area contributed by atoms with Gasteiger partial charge in [-0.15, -0.1) is 0 Å². The van der Waals surface area contributed by atoms with Gasteiger partial charge in [0.1, 0.15) is 0 Å². The molecule has 8 nitrogen and oxygen atoms in total. The fourth-order valence-electron chi connectivity index (χ4n) is 0.190. The predicted octanol–water partition coefficient (Wildman–Crippen LogP) is -0.779. The first-order valence-electron chi connectivity index (χ1n) is 2.82. The topological polar surface area (TPSA) is 105 Å². The lowest BCUT2D eigenvalue weighted by Crippen LogP contribution is -2.14. The van der Waals surface area contributed by atoms with Crippen molar-refractivity contribution in [2.75, 3.05) is 0 Å². The lowest BCUT2D eigenvalue weighted by atomic mass is 10.9. The summed E-state index contributed by atoms with van der Waals surface area (Å²) >= 11 is 0. The molecule has 0 unspecified atom stereocenters. The van der Waals surface area contributed by atoms with Gasteiger partial charge < -0.3 is 0 Å². The second-order valence-corrected chi connectivity index (χ2v) is 2.78. The number of hydrogen-bond acceptors (Lipinski definition) is 8. The monoisotopic (exact) mass is 214 g/mol. The van der Waals surface area contributed by atoms with Crippen LogP contribution in [0.25, 0.3) is 0 Å². The Morgan fingerprint density at radius 1 is 0.923 bits per heavy atom. The summed E-state index contributed by atoms with van der Waals surface area (Å²) in [5.41, 5.74) is 0. The molecule has 76 valence electrons. The minimum atomic E-state index is -4.66. The first kappa shape index (κ1) is 11.8. The third-order valence-corrected chi connectivity index (χ3v) is 0.939. The highest BCUT2D eigenvalue weighted by Gasteiger charge is 2.18. The minimum absolute atomic E-state index is 0.904. The highest BCUT2D eigenvalue weighted by molar-refractivity contribution is 7.81. The maximum absolute atomic E-state index is 10.4. The van der Waals surface area contributed by atoms with Crippen molar-refractivity contribution >= 4 is 22.3 Å². The molecule has 0 aromatic rings. The highest BCUT2D eigenvalue weighted by Crippen LogP contribution is 1.98. The molecule has 0 radical (unpaired) electrons. The van der Waals surface area contributed by atoms with Gasteiger partial charge in [-0.1, -0.05) is 0 Å². The third kappa shape index (κ3) is 7.18. The number of hydrogen-bond donors (Lipinski definition) is 0. The molecule has 0 bridgehead atoms. The molecule has 0 heterocycles. The largest absolute Gasteiger partial charge is 0.471 e. The Hall–Kier alpha value is -1.19. The Morgan fingerprint density at radius 2 is 1.23 bits per heavy atom. The zero-order chi connectivity index (χ0) is 10.5. The number of rotatable bonds is 4. The van der Waals surface area contributed by atoms with Crippen LogP contribution < -0.4 is 0 Å². The molecule has 13 heavy (non-hydrogen) atoms. The molecular formula is C4H6O8S. The summed E-state index contributed by atoms with van der Waals surface area (Å²) in [5.74, 6) is -2.01. The van der Waals surface area contributed by atoms with Crippen molar-refractivity contribution in [2.24, 2.45) is 0 Å². The van der Waals surface area contributed by atoms with Gasteiger partial charge in [-0.3, -0.25) is 9.78 Å². The molecule has 0 aliphatic heterocycles. The van der Waals surface area contributed by atoms with Crippen LogP contribution in [0.3, 0.4) is 0 Å². The van der Waals surface area contributed by atoms with E-state index in [9.17, 15) is 18.0 Å².